The van der Waals surface area contributed by atoms with E-state index in [0.29, 0.717) is 6.61 Å². The van der Waals surface area contributed by atoms with Crippen LogP contribution >= 0.6 is 0 Å². The first-order valence-electron chi connectivity index (χ1n) is 6.48. The molecular weight excluding hydrogens is 238 g/mol. The van der Waals surface area contributed by atoms with Crippen molar-refractivity contribution in [1.29, 1.82) is 0 Å². The lowest BCUT2D eigenvalue weighted by Crippen LogP contribution is -2.08. The monoisotopic (exact) mass is 257 g/mol. The first-order valence-corrected chi connectivity index (χ1v) is 6.48. The summed E-state index contributed by atoms with van der Waals surface area (Å²) in [6.07, 6.45) is 0. The van der Waals surface area contributed by atoms with Crippen molar-refractivity contribution in [2.75, 3.05) is 11.9 Å². The van der Waals surface area contributed by atoms with E-state index in [0.717, 1.165) is 17.0 Å². The molecule has 0 aliphatic rings. The number of ether oxygens (including phenoxy) is 1. The van der Waals surface area contributed by atoms with Crippen LogP contribution in [0.2, 0.25) is 0 Å². The average molecular weight is 257 g/mol. The molecule has 0 radical (unpaired) electrons. The van der Waals surface area contributed by atoms with Gasteiger partial charge in [-0.15, -0.1) is 0 Å². The summed E-state index contributed by atoms with van der Waals surface area (Å²) in [6, 6.07) is 15.2. The molecule has 0 amide bonds. The van der Waals surface area contributed by atoms with E-state index in [-0.39, 0.29) is 11.8 Å². The number of rotatable bonds is 5. The van der Waals surface area contributed by atoms with Crippen LogP contribution in [0.1, 0.15) is 25.5 Å². The van der Waals surface area contributed by atoms with E-state index in [4.69, 9.17) is 4.74 Å². The molecule has 1 unspecified atom stereocenters. The topological polar surface area (TPSA) is 41.5 Å². The second-order valence-corrected chi connectivity index (χ2v) is 4.39. The smallest absolute Gasteiger partial charge is 0.124 e. The molecule has 100 valence electrons. The first kappa shape index (κ1) is 13.3. The molecule has 0 aromatic heterocycles. The minimum atomic E-state index is 0.101. The van der Waals surface area contributed by atoms with Gasteiger partial charge in [0.1, 0.15) is 11.5 Å². The highest BCUT2D eigenvalue weighted by atomic mass is 16.5. The number of hydrogen-bond acceptors (Lipinski definition) is 3. The Hall–Kier alpha value is -2.16. The van der Waals surface area contributed by atoms with Gasteiger partial charge in [-0.3, -0.25) is 0 Å². The van der Waals surface area contributed by atoms with Crippen molar-refractivity contribution >= 4 is 5.69 Å². The highest BCUT2D eigenvalue weighted by molar-refractivity contribution is 5.50. The largest absolute Gasteiger partial charge is 0.508 e. The van der Waals surface area contributed by atoms with Crippen molar-refractivity contribution < 1.29 is 9.84 Å². The van der Waals surface area contributed by atoms with Crippen LogP contribution in [0.5, 0.6) is 11.5 Å². The molecule has 2 aromatic carbocycles. The van der Waals surface area contributed by atoms with Crippen molar-refractivity contribution in [3.63, 3.8) is 0 Å². The van der Waals surface area contributed by atoms with Crippen molar-refractivity contribution in [1.82, 2.24) is 0 Å². The molecule has 1 atom stereocenters. The summed E-state index contributed by atoms with van der Waals surface area (Å²) in [5.74, 6) is 1.15. The van der Waals surface area contributed by atoms with Crippen molar-refractivity contribution in [3.8, 4) is 11.5 Å². The van der Waals surface area contributed by atoms with Gasteiger partial charge in [-0.05, 0) is 32.0 Å². The standard InChI is InChI=1S/C16H19NO2/c1-3-19-16-10-5-4-9-15(16)12(2)17-13-7-6-8-14(18)11-13/h4-12,17-18H,3H2,1-2H3. The van der Waals surface area contributed by atoms with Crippen LogP contribution < -0.4 is 10.1 Å². The highest BCUT2D eigenvalue weighted by Gasteiger charge is 2.11. The van der Waals surface area contributed by atoms with E-state index in [1.165, 1.54) is 0 Å². The molecule has 0 fully saturated rings. The summed E-state index contributed by atoms with van der Waals surface area (Å²) in [7, 11) is 0. The maximum absolute atomic E-state index is 9.47. The van der Waals surface area contributed by atoms with Gasteiger partial charge in [0.2, 0.25) is 0 Å². The van der Waals surface area contributed by atoms with E-state index < -0.39 is 0 Å². The van der Waals surface area contributed by atoms with Crippen LogP contribution in [0.3, 0.4) is 0 Å². The van der Waals surface area contributed by atoms with Crippen LogP contribution in [0.4, 0.5) is 5.69 Å². The van der Waals surface area contributed by atoms with Gasteiger partial charge in [-0.1, -0.05) is 24.3 Å². The molecule has 0 aliphatic heterocycles. The third kappa shape index (κ3) is 3.41. The van der Waals surface area contributed by atoms with Gasteiger partial charge in [-0.25, -0.2) is 0 Å². The summed E-state index contributed by atoms with van der Waals surface area (Å²) in [6.45, 7) is 4.70. The first-order chi connectivity index (χ1) is 9.20. The number of para-hydroxylation sites is 1. The zero-order valence-corrected chi connectivity index (χ0v) is 11.3. The molecule has 0 bridgehead atoms. The van der Waals surface area contributed by atoms with E-state index in [1.54, 1.807) is 12.1 Å². The van der Waals surface area contributed by atoms with Gasteiger partial charge < -0.3 is 15.2 Å². The molecule has 19 heavy (non-hydrogen) atoms. The zero-order valence-electron chi connectivity index (χ0n) is 11.3. The Morgan fingerprint density at radius 2 is 1.95 bits per heavy atom. The summed E-state index contributed by atoms with van der Waals surface area (Å²) in [5.41, 5.74) is 1.99. The van der Waals surface area contributed by atoms with Crippen LogP contribution in [-0.4, -0.2) is 11.7 Å². The van der Waals surface area contributed by atoms with Crippen molar-refractivity contribution in [2.45, 2.75) is 19.9 Å². The number of anilines is 1. The Morgan fingerprint density at radius 1 is 1.16 bits per heavy atom. The van der Waals surface area contributed by atoms with Gasteiger partial charge in [0.15, 0.2) is 0 Å². The van der Waals surface area contributed by atoms with Crippen LogP contribution in [0, 0.1) is 0 Å². The number of hydrogen-bond donors (Lipinski definition) is 2. The molecule has 3 nitrogen and oxygen atoms in total. The Morgan fingerprint density at radius 3 is 2.68 bits per heavy atom. The van der Waals surface area contributed by atoms with Crippen LogP contribution in [0.25, 0.3) is 0 Å². The fourth-order valence-corrected chi connectivity index (χ4v) is 2.05. The lowest BCUT2D eigenvalue weighted by Gasteiger charge is -2.19. The SMILES string of the molecule is CCOc1ccccc1C(C)Nc1cccc(O)c1. The molecule has 3 heteroatoms. The summed E-state index contributed by atoms with van der Waals surface area (Å²) >= 11 is 0. The van der Waals surface area contributed by atoms with E-state index in [2.05, 4.69) is 12.2 Å². The van der Waals surface area contributed by atoms with E-state index >= 15 is 0 Å². The quantitative estimate of drug-likeness (QED) is 0.851. The van der Waals surface area contributed by atoms with Gasteiger partial charge >= 0.3 is 0 Å². The average Bonchev–Trinajstić information content (AvgIpc) is 2.39. The van der Waals surface area contributed by atoms with Crippen molar-refractivity contribution in [2.24, 2.45) is 0 Å². The number of nitrogens with one attached hydrogen (secondary N) is 1. The molecule has 0 heterocycles. The minimum Gasteiger partial charge on any atom is -0.508 e. The third-order valence-electron chi connectivity index (χ3n) is 2.91. The molecule has 0 saturated heterocycles. The lowest BCUT2D eigenvalue weighted by molar-refractivity contribution is 0.335. The molecular formula is C16H19NO2. The lowest BCUT2D eigenvalue weighted by atomic mass is 10.1. The third-order valence-corrected chi connectivity index (χ3v) is 2.91. The Kier molecular flexibility index (Phi) is 4.29. The van der Waals surface area contributed by atoms with E-state index in [9.17, 15) is 5.11 Å². The highest BCUT2D eigenvalue weighted by Crippen LogP contribution is 2.28. The molecule has 2 N–H and O–H groups in total. The van der Waals surface area contributed by atoms with Gasteiger partial charge in [0.25, 0.3) is 0 Å². The molecule has 2 aromatic rings. The zero-order chi connectivity index (χ0) is 13.7. The predicted molar refractivity (Wildman–Crippen MR) is 77.8 cm³/mol. The molecule has 2 rings (SSSR count). The van der Waals surface area contributed by atoms with E-state index in [1.807, 2.05) is 43.3 Å². The second kappa shape index (κ2) is 6.14. The maximum Gasteiger partial charge on any atom is 0.124 e. The Bertz CT molecular complexity index is 540. The second-order valence-electron chi connectivity index (χ2n) is 4.39. The van der Waals surface area contributed by atoms with Gasteiger partial charge in [0, 0.05) is 17.3 Å². The maximum atomic E-state index is 9.47. The number of phenols is 1. The number of benzene rings is 2. The summed E-state index contributed by atoms with van der Waals surface area (Å²) < 4.78 is 5.63. The summed E-state index contributed by atoms with van der Waals surface area (Å²) in [4.78, 5) is 0. The van der Waals surface area contributed by atoms with Crippen molar-refractivity contribution in [3.05, 3.63) is 54.1 Å². The van der Waals surface area contributed by atoms with Gasteiger partial charge in [-0.2, -0.15) is 0 Å². The Balaban J connectivity index is 2.17. The molecule has 0 aliphatic carbocycles. The van der Waals surface area contributed by atoms with Crippen LogP contribution in [0.15, 0.2) is 48.5 Å². The summed E-state index contributed by atoms with van der Waals surface area (Å²) in [5, 5.41) is 12.8. The fourth-order valence-electron chi connectivity index (χ4n) is 2.05. The van der Waals surface area contributed by atoms with Crippen LogP contribution in [-0.2, 0) is 0 Å². The molecule has 0 saturated carbocycles. The fraction of sp³-hybridized carbons (Fsp3) is 0.250. The molecule has 0 spiro atoms. The number of aromatic hydroxyl groups is 1. The normalized spacial score (nSPS) is 11.9. The number of phenolic OH excluding ortho intramolecular Hbond substituents is 1. The predicted octanol–water partition coefficient (Wildman–Crippen LogP) is 3.96. The minimum absolute atomic E-state index is 0.101. The van der Waals surface area contributed by atoms with Gasteiger partial charge in [0.05, 0.1) is 12.6 Å². The Labute approximate surface area is 113 Å².